The summed E-state index contributed by atoms with van der Waals surface area (Å²) in [6.45, 7) is 7.16. The lowest BCUT2D eigenvalue weighted by Crippen LogP contribution is -2.19. The molecular weight excluding hydrogens is 132 g/mol. The molecule has 0 aromatic carbocycles. The van der Waals surface area contributed by atoms with Crippen molar-refractivity contribution in [2.75, 3.05) is 6.61 Å². The van der Waals surface area contributed by atoms with Crippen molar-refractivity contribution in [1.29, 1.82) is 0 Å². The topological polar surface area (TPSA) is 38.7 Å². The maximum Gasteiger partial charge on any atom is 0.158 e. The van der Waals surface area contributed by atoms with E-state index in [1.807, 2.05) is 0 Å². The van der Waals surface area contributed by atoms with E-state index < -0.39 is 6.29 Å². The molecule has 0 saturated carbocycles. The van der Waals surface area contributed by atoms with Crippen molar-refractivity contribution in [3.63, 3.8) is 0 Å². The quantitative estimate of drug-likeness (QED) is 0.462. The van der Waals surface area contributed by atoms with Gasteiger partial charge < -0.3 is 14.6 Å². The first-order chi connectivity index (χ1) is 4.66. The Morgan fingerprint density at radius 3 is 2.60 bits per heavy atom. The van der Waals surface area contributed by atoms with Gasteiger partial charge >= 0.3 is 0 Å². The van der Waals surface area contributed by atoms with Gasteiger partial charge in [-0.25, -0.2) is 0 Å². The number of rotatable bonds is 5. The average molecular weight is 146 g/mol. The van der Waals surface area contributed by atoms with Crippen LogP contribution >= 0.6 is 0 Å². The van der Waals surface area contributed by atoms with Crippen LogP contribution < -0.4 is 0 Å². The summed E-state index contributed by atoms with van der Waals surface area (Å²) >= 11 is 0. The Morgan fingerprint density at radius 1 is 1.60 bits per heavy atom. The van der Waals surface area contributed by atoms with E-state index in [1.165, 1.54) is 6.92 Å². The van der Waals surface area contributed by atoms with Gasteiger partial charge in [0.15, 0.2) is 12.6 Å². The Labute approximate surface area is 61.3 Å². The highest BCUT2D eigenvalue weighted by Crippen LogP contribution is 1.96. The number of hydrogen-bond acceptors (Lipinski definition) is 3. The summed E-state index contributed by atoms with van der Waals surface area (Å²) in [5, 5.41) is 8.69. The Bertz CT molecular complexity index is 90.9. The van der Waals surface area contributed by atoms with Crippen LogP contribution in [0.3, 0.4) is 0 Å². The van der Waals surface area contributed by atoms with Crippen molar-refractivity contribution in [1.82, 2.24) is 0 Å². The predicted octanol–water partition coefficient (Wildman–Crippen LogP) is 0.890. The van der Waals surface area contributed by atoms with Gasteiger partial charge in [0, 0.05) is 0 Å². The predicted molar refractivity (Wildman–Crippen MR) is 38.4 cm³/mol. The summed E-state index contributed by atoms with van der Waals surface area (Å²) in [7, 11) is 0. The second kappa shape index (κ2) is 5.41. The van der Waals surface area contributed by atoms with Crippen LogP contribution in [-0.2, 0) is 9.47 Å². The van der Waals surface area contributed by atoms with Crippen molar-refractivity contribution >= 4 is 0 Å². The van der Waals surface area contributed by atoms with Gasteiger partial charge in [0.05, 0.1) is 6.61 Å². The van der Waals surface area contributed by atoms with Crippen molar-refractivity contribution in [2.24, 2.45) is 0 Å². The zero-order valence-electron chi connectivity index (χ0n) is 6.41. The zero-order valence-corrected chi connectivity index (χ0v) is 6.41. The zero-order chi connectivity index (χ0) is 7.98. The van der Waals surface area contributed by atoms with Gasteiger partial charge in [-0.05, 0) is 13.8 Å². The minimum Gasteiger partial charge on any atom is -0.368 e. The van der Waals surface area contributed by atoms with Crippen molar-refractivity contribution in [3.05, 3.63) is 12.7 Å². The molecular formula is C7H14O3. The lowest BCUT2D eigenvalue weighted by atomic mass is 10.6. The standard InChI is InChI=1S/C7H14O3/c1-4-5-9-7(3)10-6(2)8/h4,6-8H,1,5H2,2-3H3. The van der Waals surface area contributed by atoms with E-state index in [9.17, 15) is 0 Å². The van der Waals surface area contributed by atoms with Crippen molar-refractivity contribution in [2.45, 2.75) is 26.4 Å². The Morgan fingerprint density at radius 2 is 2.20 bits per heavy atom. The van der Waals surface area contributed by atoms with Gasteiger partial charge in [0.2, 0.25) is 0 Å². The molecule has 0 aliphatic heterocycles. The van der Waals surface area contributed by atoms with E-state index in [1.54, 1.807) is 13.0 Å². The number of aliphatic hydroxyl groups is 1. The third kappa shape index (κ3) is 5.75. The van der Waals surface area contributed by atoms with Crippen LogP contribution in [0.25, 0.3) is 0 Å². The van der Waals surface area contributed by atoms with Crippen LogP contribution in [0.5, 0.6) is 0 Å². The first-order valence-corrected chi connectivity index (χ1v) is 3.23. The van der Waals surface area contributed by atoms with Gasteiger partial charge in [-0.15, -0.1) is 6.58 Å². The molecule has 2 atom stereocenters. The van der Waals surface area contributed by atoms with E-state index >= 15 is 0 Å². The lowest BCUT2D eigenvalue weighted by molar-refractivity contribution is -0.209. The highest BCUT2D eigenvalue weighted by Gasteiger charge is 2.03. The normalized spacial score (nSPS) is 16.3. The molecule has 0 spiro atoms. The van der Waals surface area contributed by atoms with Crippen LogP contribution in [-0.4, -0.2) is 24.3 Å². The van der Waals surface area contributed by atoms with Crippen LogP contribution in [0, 0.1) is 0 Å². The molecule has 0 bridgehead atoms. The second-order valence-electron chi connectivity index (χ2n) is 1.93. The number of aliphatic hydroxyl groups excluding tert-OH is 1. The molecule has 0 aliphatic carbocycles. The summed E-state index contributed by atoms with van der Waals surface area (Å²) in [6, 6.07) is 0. The van der Waals surface area contributed by atoms with E-state index in [-0.39, 0.29) is 6.29 Å². The Balaban J connectivity index is 3.24. The number of hydrogen-bond donors (Lipinski definition) is 1. The molecule has 0 amide bonds. The van der Waals surface area contributed by atoms with Gasteiger partial charge in [-0.3, -0.25) is 0 Å². The summed E-state index contributed by atoms with van der Waals surface area (Å²) in [4.78, 5) is 0. The molecule has 2 unspecified atom stereocenters. The van der Waals surface area contributed by atoms with E-state index in [4.69, 9.17) is 14.6 Å². The van der Waals surface area contributed by atoms with E-state index in [2.05, 4.69) is 6.58 Å². The smallest absolute Gasteiger partial charge is 0.158 e. The Hall–Kier alpha value is -0.380. The molecule has 0 aromatic rings. The van der Waals surface area contributed by atoms with Crippen LogP contribution in [0.4, 0.5) is 0 Å². The first-order valence-electron chi connectivity index (χ1n) is 3.23. The summed E-state index contributed by atoms with van der Waals surface area (Å²) in [5.41, 5.74) is 0. The monoisotopic (exact) mass is 146 g/mol. The van der Waals surface area contributed by atoms with E-state index in [0.29, 0.717) is 6.61 Å². The van der Waals surface area contributed by atoms with Crippen molar-refractivity contribution in [3.8, 4) is 0 Å². The minimum atomic E-state index is -0.778. The third-order valence-electron chi connectivity index (χ3n) is 0.837. The van der Waals surface area contributed by atoms with Gasteiger partial charge in [-0.1, -0.05) is 6.08 Å². The van der Waals surface area contributed by atoms with Gasteiger partial charge in [-0.2, -0.15) is 0 Å². The highest BCUT2D eigenvalue weighted by atomic mass is 16.7. The molecule has 1 N–H and O–H groups in total. The fourth-order valence-corrected chi connectivity index (χ4v) is 0.520. The molecule has 0 aliphatic rings. The molecule has 0 aromatic heterocycles. The van der Waals surface area contributed by atoms with Crippen LogP contribution in [0.2, 0.25) is 0 Å². The molecule has 0 radical (unpaired) electrons. The highest BCUT2D eigenvalue weighted by molar-refractivity contribution is 4.63. The molecule has 0 saturated heterocycles. The summed E-state index contributed by atoms with van der Waals surface area (Å²) in [6.07, 6.45) is 0.472. The second-order valence-corrected chi connectivity index (χ2v) is 1.93. The summed E-state index contributed by atoms with van der Waals surface area (Å²) < 4.78 is 9.84. The van der Waals surface area contributed by atoms with Crippen LogP contribution in [0.15, 0.2) is 12.7 Å². The molecule has 0 fully saturated rings. The average Bonchev–Trinajstić information content (AvgIpc) is 1.82. The third-order valence-corrected chi connectivity index (χ3v) is 0.837. The van der Waals surface area contributed by atoms with Gasteiger partial charge in [0.25, 0.3) is 0 Å². The largest absolute Gasteiger partial charge is 0.368 e. The summed E-state index contributed by atoms with van der Waals surface area (Å²) in [5.74, 6) is 0. The lowest BCUT2D eigenvalue weighted by Gasteiger charge is -2.14. The van der Waals surface area contributed by atoms with E-state index in [0.717, 1.165) is 0 Å². The number of ether oxygens (including phenoxy) is 2. The Kier molecular flexibility index (Phi) is 5.20. The van der Waals surface area contributed by atoms with Crippen molar-refractivity contribution < 1.29 is 14.6 Å². The molecule has 10 heavy (non-hydrogen) atoms. The van der Waals surface area contributed by atoms with Crippen LogP contribution in [0.1, 0.15) is 13.8 Å². The molecule has 60 valence electrons. The molecule has 3 heteroatoms. The van der Waals surface area contributed by atoms with Gasteiger partial charge in [0.1, 0.15) is 0 Å². The fourth-order valence-electron chi connectivity index (χ4n) is 0.520. The molecule has 3 nitrogen and oxygen atoms in total. The molecule has 0 heterocycles. The first kappa shape index (κ1) is 9.62. The maximum absolute atomic E-state index is 8.69. The molecule has 0 rings (SSSR count). The fraction of sp³-hybridized carbons (Fsp3) is 0.714. The maximum atomic E-state index is 8.69. The SMILES string of the molecule is C=CCOC(C)OC(C)O. The minimum absolute atomic E-state index is 0.377.